The van der Waals surface area contributed by atoms with Crippen LogP contribution in [0.2, 0.25) is 0 Å². The van der Waals surface area contributed by atoms with Crippen molar-refractivity contribution in [3.05, 3.63) is 0 Å². The predicted molar refractivity (Wildman–Crippen MR) is 46.6 cm³/mol. The van der Waals surface area contributed by atoms with Crippen molar-refractivity contribution >= 4 is 5.97 Å². The Balaban J connectivity index is 2.41. The van der Waals surface area contributed by atoms with E-state index in [1.165, 1.54) is 13.5 Å². The van der Waals surface area contributed by atoms with E-state index in [1.54, 1.807) is 0 Å². The number of hydrogen-bond donors (Lipinski definition) is 0. The average Bonchev–Trinajstić information content (AvgIpc) is 1.82. The number of hydrogen-bond acceptors (Lipinski definition) is 2. The summed E-state index contributed by atoms with van der Waals surface area (Å²) in [5.74, 6) is -0.151. The third-order valence-corrected chi connectivity index (χ3v) is 2.32. The molecule has 0 aliphatic carbocycles. The predicted octanol–water partition coefficient (Wildman–Crippen LogP) is 0.788. The van der Waals surface area contributed by atoms with Gasteiger partial charge in [0.05, 0.1) is 20.6 Å². The van der Waals surface area contributed by atoms with Crippen LogP contribution in [0.1, 0.15) is 19.8 Å². The largest absolute Gasteiger partial charge is 0.457 e. The molecular weight excluding hydrogens is 154 g/mol. The van der Waals surface area contributed by atoms with E-state index in [1.807, 2.05) is 0 Å². The van der Waals surface area contributed by atoms with Crippen molar-refractivity contribution in [2.45, 2.75) is 25.9 Å². The Hall–Kier alpha value is -0.570. The Morgan fingerprint density at radius 1 is 1.50 bits per heavy atom. The zero-order valence-corrected chi connectivity index (χ0v) is 8.17. The van der Waals surface area contributed by atoms with E-state index in [0.717, 1.165) is 23.9 Å². The molecule has 0 aromatic carbocycles. The van der Waals surface area contributed by atoms with E-state index in [9.17, 15) is 4.79 Å². The molecule has 1 atom stereocenters. The lowest BCUT2D eigenvalue weighted by Gasteiger charge is -2.37. The highest BCUT2D eigenvalue weighted by Gasteiger charge is 2.28. The van der Waals surface area contributed by atoms with E-state index in [2.05, 4.69) is 14.1 Å². The zero-order valence-electron chi connectivity index (χ0n) is 8.17. The lowest BCUT2D eigenvalue weighted by molar-refractivity contribution is -0.898. The summed E-state index contributed by atoms with van der Waals surface area (Å²) in [6.07, 6.45) is 2.33. The van der Waals surface area contributed by atoms with Crippen molar-refractivity contribution in [1.82, 2.24) is 0 Å². The van der Waals surface area contributed by atoms with Gasteiger partial charge >= 0.3 is 5.97 Å². The molecule has 0 radical (unpaired) electrons. The van der Waals surface area contributed by atoms with Crippen molar-refractivity contribution in [3.8, 4) is 0 Å². The molecule has 3 heteroatoms. The van der Waals surface area contributed by atoms with Gasteiger partial charge in [-0.1, -0.05) is 0 Å². The molecule has 0 N–H and O–H groups in total. The van der Waals surface area contributed by atoms with E-state index < -0.39 is 0 Å². The van der Waals surface area contributed by atoms with Crippen molar-refractivity contribution < 1.29 is 14.0 Å². The maximum atomic E-state index is 10.7. The lowest BCUT2D eigenvalue weighted by Crippen LogP contribution is -2.50. The highest BCUT2D eigenvalue weighted by atomic mass is 16.5. The van der Waals surface area contributed by atoms with Gasteiger partial charge in [0.25, 0.3) is 0 Å². The summed E-state index contributed by atoms with van der Waals surface area (Å²) >= 11 is 0. The first-order valence-corrected chi connectivity index (χ1v) is 4.49. The quantitative estimate of drug-likeness (QED) is 0.432. The van der Waals surface area contributed by atoms with Crippen molar-refractivity contribution in [3.63, 3.8) is 0 Å². The molecule has 0 aromatic rings. The van der Waals surface area contributed by atoms with Gasteiger partial charge in [0, 0.05) is 13.3 Å². The number of piperidine rings is 1. The second-order valence-corrected chi connectivity index (χ2v) is 4.22. The van der Waals surface area contributed by atoms with Crippen molar-refractivity contribution in [2.24, 2.45) is 0 Å². The van der Waals surface area contributed by atoms with Crippen LogP contribution in [0.5, 0.6) is 0 Å². The Bertz CT molecular complexity index is 177. The van der Waals surface area contributed by atoms with Crippen LogP contribution in [0.3, 0.4) is 0 Å². The SMILES string of the molecule is CC(=O)O[C@H]1CCC[N+](C)(C)C1. The Morgan fingerprint density at radius 3 is 2.67 bits per heavy atom. The molecule has 0 spiro atoms. The molecule has 0 saturated carbocycles. The second-order valence-electron chi connectivity index (χ2n) is 4.22. The molecule has 0 aromatic heterocycles. The minimum Gasteiger partial charge on any atom is -0.457 e. The van der Waals surface area contributed by atoms with Crippen LogP contribution in [0.15, 0.2) is 0 Å². The molecule has 1 aliphatic heterocycles. The number of carbonyl (C=O) groups is 1. The number of carbonyl (C=O) groups excluding carboxylic acids is 1. The third kappa shape index (κ3) is 2.81. The highest BCUT2D eigenvalue weighted by molar-refractivity contribution is 5.66. The van der Waals surface area contributed by atoms with Gasteiger partial charge in [-0.2, -0.15) is 0 Å². The topological polar surface area (TPSA) is 26.3 Å². The molecule has 0 bridgehead atoms. The van der Waals surface area contributed by atoms with Crippen molar-refractivity contribution in [2.75, 3.05) is 27.2 Å². The summed E-state index contributed by atoms with van der Waals surface area (Å²) < 4.78 is 6.14. The number of likely N-dealkylation sites (N-methyl/N-ethyl adjacent to an activating group) is 1. The molecule has 12 heavy (non-hydrogen) atoms. The van der Waals surface area contributed by atoms with Gasteiger partial charge in [-0.15, -0.1) is 0 Å². The summed E-state index contributed by atoms with van der Waals surface area (Å²) in [4.78, 5) is 10.7. The smallest absolute Gasteiger partial charge is 0.303 e. The number of esters is 1. The summed E-state index contributed by atoms with van der Waals surface area (Å²) in [5.41, 5.74) is 0. The average molecular weight is 172 g/mol. The number of likely N-dealkylation sites (tertiary alicyclic amines) is 1. The molecule has 1 saturated heterocycles. The summed E-state index contributed by atoms with van der Waals surface area (Å²) in [5, 5.41) is 0. The van der Waals surface area contributed by atoms with Crippen LogP contribution in [0.25, 0.3) is 0 Å². The number of quaternary nitrogens is 1. The van der Waals surface area contributed by atoms with Gasteiger partial charge < -0.3 is 9.22 Å². The normalized spacial score (nSPS) is 28.1. The van der Waals surface area contributed by atoms with Crippen LogP contribution < -0.4 is 0 Å². The maximum Gasteiger partial charge on any atom is 0.303 e. The molecule has 1 fully saturated rings. The Morgan fingerprint density at radius 2 is 2.17 bits per heavy atom. The van der Waals surface area contributed by atoms with Crippen LogP contribution in [0, 0.1) is 0 Å². The zero-order chi connectivity index (χ0) is 9.19. The second kappa shape index (κ2) is 3.44. The van der Waals surface area contributed by atoms with Gasteiger partial charge in [0.2, 0.25) is 0 Å². The fourth-order valence-electron chi connectivity index (χ4n) is 1.81. The van der Waals surface area contributed by atoms with E-state index in [-0.39, 0.29) is 12.1 Å². The third-order valence-electron chi connectivity index (χ3n) is 2.32. The summed E-state index contributed by atoms with van der Waals surface area (Å²) in [6.45, 7) is 3.63. The number of rotatable bonds is 1. The highest BCUT2D eigenvalue weighted by Crippen LogP contribution is 2.16. The van der Waals surface area contributed by atoms with Gasteiger partial charge in [0.1, 0.15) is 6.54 Å². The Labute approximate surface area is 73.9 Å². The molecule has 1 aliphatic rings. The molecule has 0 unspecified atom stereocenters. The maximum absolute atomic E-state index is 10.7. The number of nitrogens with zero attached hydrogens (tertiary/aromatic N) is 1. The van der Waals surface area contributed by atoms with E-state index in [0.29, 0.717) is 0 Å². The molecule has 3 nitrogen and oxygen atoms in total. The summed E-state index contributed by atoms with van der Waals surface area (Å²) in [6, 6.07) is 0. The minimum atomic E-state index is -0.151. The van der Waals surface area contributed by atoms with Gasteiger partial charge in [-0.25, -0.2) is 0 Å². The van der Waals surface area contributed by atoms with Crippen LogP contribution in [-0.4, -0.2) is 43.7 Å². The Kier molecular flexibility index (Phi) is 2.73. The first-order valence-electron chi connectivity index (χ1n) is 4.49. The first kappa shape index (κ1) is 9.52. The van der Waals surface area contributed by atoms with Crippen molar-refractivity contribution in [1.29, 1.82) is 0 Å². The lowest BCUT2D eigenvalue weighted by atomic mass is 10.1. The minimum absolute atomic E-state index is 0.145. The fourth-order valence-corrected chi connectivity index (χ4v) is 1.81. The van der Waals surface area contributed by atoms with Gasteiger partial charge in [-0.3, -0.25) is 4.79 Å². The van der Waals surface area contributed by atoms with Gasteiger partial charge in [0.15, 0.2) is 6.10 Å². The van der Waals surface area contributed by atoms with E-state index >= 15 is 0 Å². The van der Waals surface area contributed by atoms with Crippen LogP contribution in [0.4, 0.5) is 0 Å². The molecule has 1 heterocycles. The fraction of sp³-hybridized carbons (Fsp3) is 0.889. The first-order chi connectivity index (χ1) is 5.49. The standard InChI is InChI=1S/C9H18NO2/c1-8(11)12-9-5-4-6-10(2,3)7-9/h9H,4-7H2,1-3H3/q+1/t9-/m0/s1. The van der Waals surface area contributed by atoms with Gasteiger partial charge in [-0.05, 0) is 6.42 Å². The van der Waals surface area contributed by atoms with Crippen LogP contribution in [-0.2, 0) is 9.53 Å². The monoisotopic (exact) mass is 172 g/mol. The molecule has 70 valence electrons. The molecular formula is C9H18NO2+. The molecule has 0 amide bonds. The van der Waals surface area contributed by atoms with E-state index in [4.69, 9.17) is 4.74 Å². The van der Waals surface area contributed by atoms with Crippen LogP contribution >= 0.6 is 0 Å². The molecule has 1 rings (SSSR count). The summed E-state index contributed by atoms with van der Waals surface area (Å²) in [7, 11) is 4.35. The number of ether oxygens (including phenoxy) is 1.